The molecule has 6 heteroatoms. The number of ether oxygens (including phenoxy) is 2. The summed E-state index contributed by atoms with van der Waals surface area (Å²) in [5.41, 5.74) is 1.14. The van der Waals surface area contributed by atoms with Gasteiger partial charge in [0.25, 0.3) is 5.91 Å². The molecule has 0 unspecified atom stereocenters. The predicted octanol–water partition coefficient (Wildman–Crippen LogP) is 2.52. The van der Waals surface area contributed by atoms with Crippen molar-refractivity contribution in [2.45, 2.75) is 19.4 Å². The van der Waals surface area contributed by atoms with Gasteiger partial charge in [0.05, 0.1) is 13.7 Å². The highest BCUT2D eigenvalue weighted by molar-refractivity contribution is 5.97. The van der Waals surface area contributed by atoms with Gasteiger partial charge in [-0.2, -0.15) is 0 Å². The number of aliphatic carboxylic acids is 1. The average Bonchev–Trinajstić information content (AvgIpc) is 2.62. The third-order valence-electron chi connectivity index (χ3n) is 3.61. The third-order valence-corrected chi connectivity index (χ3v) is 3.61. The highest BCUT2D eigenvalue weighted by Gasteiger charge is 2.21. The van der Waals surface area contributed by atoms with Crippen LogP contribution in [0.3, 0.4) is 0 Å². The van der Waals surface area contributed by atoms with E-state index in [0.29, 0.717) is 23.7 Å². The minimum Gasteiger partial charge on any atom is -0.493 e. The van der Waals surface area contributed by atoms with Gasteiger partial charge in [-0.15, -0.1) is 0 Å². The number of rotatable bonds is 8. The van der Waals surface area contributed by atoms with Gasteiger partial charge in [-0.05, 0) is 30.7 Å². The van der Waals surface area contributed by atoms with Crippen LogP contribution in [0.25, 0.3) is 0 Å². The molecule has 1 atom stereocenters. The number of amides is 1. The predicted molar refractivity (Wildman–Crippen MR) is 93.2 cm³/mol. The van der Waals surface area contributed by atoms with Crippen molar-refractivity contribution in [3.8, 4) is 11.5 Å². The molecular weight excluding hydrogens is 322 g/mol. The second-order valence-electron chi connectivity index (χ2n) is 5.35. The molecule has 0 aliphatic carbocycles. The van der Waals surface area contributed by atoms with Crippen LogP contribution in [0, 0.1) is 0 Å². The maximum Gasteiger partial charge on any atom is 0.326 e. The quantitative estimate of drug-likeness (QED) is 0.769. The zero-order valence-electron chi connectivity index (χ0n) is 14.2. The Balaban J connectivity index is 2.14. The van der Waals surface area contributed by atoms with E-state index in [1.54, 1.807) is 12.1 Å². The molecule has 0 aliphatic rings. The molecule has 0 fully saturated rings. The normalized spacial score (nSPS) is 11.4. The van der Waals surface area contributed by atoms with Crippen LogP contribution in [0.2, 0.25) is 0 Å². The highest BCUT2D eigenvalue weighted by Crippen LogP contribution is 2.28. The molecule has 0 saturated carbocycles. The van der Waals surface area contributed by atoms with Crippen molar-refractivity contribution in [2.75, 3.05) is 13.7 Å². The summed E-state index contributed by atoms with van der Waals surface area (Å²) >= 11 is 0. The van der Waals surface area contributed by atoms with Gasteiger partial charge in [-0.1, -0.05) is 30.3 Å². The van der Waals surface area contributed by atoms with E-state index in [-0.39, 0.29) is 6.42 Å². The second-order valence-corrected chi connectivity index (χ2v) is 5.35. The van der Waals surface area contributed by atoms with E-state index in [4.69, 9.17) is 9.47 Å². The van der Waals surface area contributed by atoms with E-state index < -0.39 is 17.9 Å². The maximum absolute atomic E-state index is 12.4. The number of nitrogens with one attached hydrogen (secondary N) is 1. The number of benzene rings is 2. The van der Waals surface area contributed by atoms with Gasteiger partial charge in [0.2, 0.25) is 0 Å². The first-order valence-electron chi connectivity index (χ1n) is 7.93. The van der Waals surface area contributed by atoms with E-state index in [1.165, 1.54) is 13.2 Å². The summed E-state index contributed by atoms with van der Waals surface area (Å²) in [7, 11) is 1.48. The lowest BCUT2D eigenvalue weighted by Crippen LogP contribution is -2.42. The summed E-state index contributed by atoms with van der Waals surface area (Å²) in [5, 5.41) is 11.9. The van der Waals surface area contributed by atoms with Crippen molar-refractivity contribution >= 4 is 11.9 Å². The van der Waals surface area contributed by atoms with E-state index in [9.17, 15) is 14.7 Å². The highest BCUT2D eigenvalue weighted by atomic mass is 16.5. The van der Waals surface area contributed by atoms with Gasteiger partial charge in [-0.3, -0.25) is 4.79 Å². The lowest BCUT2D eigenvalue weighted by Gasteiger charge is -2.16. The van der Waals surface area contributed by atoms with Gasteiger partial charge in [0.15, 0.2) is 11.5 Å². The smallest absolute Gasteiger partial charge is 0.326 e. The molecule has 2 rings (SSSR count). The Hall–Kier alpha value is -3.02. The Bertz CT molecular complexity index is 730. The first kappa shape index (κ1) is 18.3. The summed E-state index contributed by atoms with van der Waals surface area (Å²) < 4.78 is 10.6. The lowest BCUT2D eigenvalue weighted by atomic mass is 10.1. The summed E-state index contributed by atoms with van der Waals surface area (Å²) in [6.07, 6.45) is 0.204. The lowest BCUT2D eigenvalue weighted by molar-refractivity contribution is -0.139. The Morgan fingerprint density at radius 1 is 1.12 bits per heavy atom. The maximum atomic E-state index is 12.4. The van der Waals surface area contributed by atoms with Gasteiger partial charge in [0.1, 0.15) is 6.04 Å². The van der Waals surface area contributed by atoms with E-state index in [0.717, 1.165) is 5.56 Å². The van der Waals surface area contributed by atoms with Crippen molar-refractivity contribution in [3.63, 3.8) is 0 Å². The van der Waals surface area contributed by atoms with E-state index in [2.05, 4.69) is 5.32 Å². The van der Waals surface area contributed by atoms with Crippen LogP contribution in [0.15, 0.2) is 48.5 Å². The molecule has 2 aromatic rings. The minimum atomic E-state index is -1.09. The van der Waals surface area contributed by atoms with Crippen LogP contribution >= 0.6 is 0 Å². The molecule has 0 saturated heterocycles. The third kappa shape index (κ3) is 4.97. The molecule has 2 aromatic carbocycles. The van der Waals surface area contributed by atoms with Crippen molar-refractivity contribution in [2.24, 2.45) is 0 Å². The zero-order chi connectivity index (χ0) is 18.2. The molecule has 25 heavy (non-hydrogen) atoms. The number of methoxy groups -OCH3 is 1. The van der Waals surface area contributed by atoms with Crippen LogP contribution in [0.4, 0.5) is 0 Å². The van der Waals surface area contributed by atoms with Crippen molar-refractivity contribution < 1.29 is 24.2 Å². The number of carbonyl (C=O) groups is 2. The van der Waals surface area contributed by atoms with Gasteiger partial charge < -0.3 is 19.9 Å². The van der Waals surface area contributed by atoms with Crippen molar-refractivity contribution in [3.05, 3.63) is 59.7 Å². The fourth-order valence-electron chi connectivity index (χ4n) is 2.38. The Morgan fingerprint density at radius 3 is 2.44 bits per heavy atom. The molecule has 0 heterocycles. The molecule has 132 valence electrons. The molecule has 0 radical (unpaired) electrons. The van der Waals surface area contributed by atoms with E-state index in [1.807, 2.05) is 37.3 Å². The molecule has 0 bridgehead atoms. The molecule has 0 spiro atoms. The van der Waals surface area contributed by atoms with E-state index >= 15 is 0 Å². The molecule has 0 aliphatic heterocycles. The number of carboxylic acid groups (broad SMARTS) is 1. The van der Waals surface area contributed by atoms with Crippen LogP contribution in [0.5, 0.6) is 11.5 Å². The zero-order valence-corrected chi connectivity index (χ0v) is 14.2. The van der Waals surface area contributed by atoms with Crippen LogP contribution in [0.1, 0.15) is 22.8 Å². The fourth-order valence-corrected chi connectivity index (χ4v) is 2.38. The largest absolute Gasteiger partial charge is 0.493 e. The Kier molecular flexibility index (Phi) is 6.39. The molecular formula is C19H21NO5. The Morgan fingerprint density at radius 2 is 1.84 bits per heavy atom. The topological polar surface area (TPSA) is 84.9 Å². The standard InChI is InChI=1S/C19H21NO5/c1-3-25-16-10-9-14(12-17(16)24-2)18(21)20-15(19(22)23)11-13-7-5-4-6-8-13/h4-10,12,15H,3,11H2,1-2H3,(H,20,21)(H,22,23)/t15-/m1/s1. The second kappa shape index (κ2) is 8.73. The summed E-state index contributed by atoms with van der Waals surface area (Å²) in [6, 6.07) is 12.9. The fraction of sp³-hybridized carbons (Fsp3) is 0.263. The van der Waals surface area contributed by atoms with Crippen LogP contribution < -0.4 is 14.8 Å². The first-order chi connectivity index (χ1) is 12.0. The molecule has 2 N–H and O–H groups in total. The average molecular weight is 343 g/mol. The first-order valence-corrected chi connectivity index (χ1v) is 7.93. The van der Waals surface area contributed by atoms with Gasteiger partial charge in [-0.25, -0.2) is 4.79 Å². The monoisotopic (exact) mass is 343 g/mol. The Labute approximate surface area is 146 Å². The number of hydrogen-bond donors (Lipinski definition) is 2. The number of carboxylic acids is 1. The van der Waals surface area contributed by atoms with Crippen LogP contribution in [-0.4, -0.2) is 36.7 Å². The molecule has 0 aromatic heterocycles. The summed E-state index contributed by atoms with van der Waals surface area (Å²) in [5.74, 6) is -0.621. The summed E-state index contributed by atoms with van der Waals surface area (Å²) in [4.78, 5) is 23.9. The SMILES string of the molecule is CCOc1ccc(C(=O)N[C@H](Cc2ccccc2)C(=O)O)cc1OC. The van der Waals surface area contributed by atoms with Crippen molar-refractivity contribution in [1.29, 1.82) is 0 Å². The summed E-state index contributed by atoms with van der Waals surface area (Å²) in [6.45, 7) is 2.32. The van der Waals surface area contributed by atoms with Crippen LogP contribution in [-0.2, 0) is 11.2 Å². The van der Waals surface area contributed by atoms with Crippen molar-refractivity contribution in [1.82, 2.24) is 5.32 Å². The van der Waals surface area contributed by atoms with Gasteiger partial charge >= 0.3 is 5.97 Å². The number of hydrogen-bond acceptors (Lipinski definition) is 4. The number of carbonyl (C=O) groups excluding carboxylic acids is 1. The molecule has 1 amide bonds. The molecule has 6 nitrogen and oxygen atoms in total. The van der Waals surface area contributed by atoms with Gasteiger partial charge in [0, 0.05) is 12.0 Å². The minimum absolute atomic E-state index is 0.204.